The van der Waals surface area contributed by atoms with Crippen molar-refractivity contribution in [2.75, 3.05) is 19.3 Å². The van der Waals surface area contributed by atoms with Crippen LogP contribution in [0.2, 0.25) is 0 Å². The lowest BCUT2D eigenvalue weighted by molar-refractivity contribution is 0.0762. The van der Waals surface area contributed by atoms with Gasteiger partial charge in [0.25, 0.3) is 5.91 Å². The van der Waals surface area contributed by atoms with E-state index in [-0.39, 0.29) is 17.6 Å². The lowest BCUT2D eigenvalue weighted by atomic mass is 10.0. The van der Waals surface area contributed by atoms with Gasteiger partial charge in [-0.1, -0.05) is 12.1 Å². The zero-order chi connectivity index (χ0) is 15.6. The standard InChI is InChI=1S/C15H21NO4S/c1-11(17)14-7-8-16(9-14)15(18)13-5-3-12(4-6-13)10-21(2,19)20/h3-6,11,14,17H,7-10H2,1-2H3. The summed E-state index contributed by atoms with van der Waals surface area (Å²) >= 11 is 0. The predicted molar refractivity (Wildman–Crippen MR) is 80.7 cm³/mol. The van der Waals surface area contributed by atoms with Gasteiger partial charge in [-0.05, 0) is 31.0 Å². The van der Waals surface area contributed by atoms with Gasteiger partial charge in [-0.25, -0.2) is 8.42 Å². The van der Waals surface area contributed by atoms with Crippen LogP contribution in [0.15, 0.2) is 24.3 Å². The van der Waals surface area contributed by atoms with E-state index in [1.54, 1.807) is 36.1 Å². The number of aliphatic hydroxyl groups is 1. The van der Waals surface area contributed by atoms with Gasteiger partial charge >= 0.3 is 0 Å². The molecule has 1 aromatic rings. The van der Waals surface area contributed by atoms with E-state index >= 15 is 0 Å². The molecule has 2 unspecified atom stereocenters. The molecule has 1 amide bonds. The molecule has 1 aliphatic rings. The lowest BCUT2D eigenvalue weighted by Gasteiger charge is -2.18. The largest absolute Gasteiger partial charge is 0.393 e. The highest BCUT2D eigenvalue weighted by Gasteiger charge is 2.29. The van der Waals surface area contributed by atoms with Crippen LogP contribution in [0.3, 0.4) is 0 Å². The molecule has 1 fully saturated rings. The highest BCUT2D eigenvalue weighted by atomic mass is 32.2. The molecule has 116 valence electrons. The van der Waals surface area contributed by atoms with Crippen LogP contribution in [0.25, 0.3) is 0 Å². The summed E-state index contributed by atoms with van der Waals surface area (Å²) in [5, 5.41) is 9.57. The molecule has 1 aromatic carbocycles. The molecule has 1 aliphatic heterocycles. The van der Waals surface area contributed by atoms with E-state index < -0.39 is 15.9 Å². The molecule has 6 heteroatoms. The number of sulfone groups is 1. The average molecular weight is 311 g/mol. The molecule has 2 rings (SSSR count). The first kappa shape index (κ1) is 16.0. The van der Waals surface area contributed by atoms with Gasteiger partial charge in [0.2, 0.25) is 0 Å². The molecule has 0 aromatic heterocycles. The third-order valence-corrected chi connectivity index (χ3v) is 4.68. The summed E-state index contributed by atoms with van der Waals surface area (Å²) in [6, 6.07) is 6.68. The molecule has 1 heterocycles. The normalized spacial score (nSPS) is 20.5. The maximum absolute atomic E-state index is 12.3. The molecule has 0 aliphatic carbocycles. The van der Waals surface area contributed by atoms with Crippen LogP contribution in [-0.2, 0) is 15.6 Å². The van der Waals surface area contributed by atoms with Crippen LogP contribution in [-0.4, -0.2) is 49.8 Å². The second-order valence-electron chi connectivity index (χ2n) is 5.81. The average Bonchev–Trinajstić information content (AvgIpc) is 2.86. The van der Waals surface area contributed by atoms with Crippen molar-refractivity contribution < 1.29 is 18.3 Å². The smallest absolute Gasteiger partial charge is 0.253 e. The van der Waals surface area contributed by atoms with Crippen molar-refractivity contribution in [3.05, 3.63) is 35.4 Å². The van der Waals surface area contributed by atoms with Crippen LogP contribution in [0.1, 0.15) is 29.3 Å². The van der Waals surface area contributed by atoms with Crippen LogP contribution < -0.4 is 0 Å². The maximum Gasteiger partial charge on any atom is 0.253 e. The van der Waals surface area contributed by atoms with E-state index in [0.717, 1.165) is 6.42 Å². The summed E-state index contributed by atoms with van der Waals surface area (Å²) in [7, 11) is -3.07. The quantitative estimate of drug-likeness (QED) is 0.903. The van der Waals surface area contributed by atoms with E-state index in [2.05, 4.69) is 0 Å². The number of carbonyl (C=O) groups excluding carboxylic acids is 1. The van der Waals surface area contributed by atoms with Crippen molar-refractivity contribution >= 4 is 15.7 Å². The number of aliphatic hydroxyl groups excluding tert-OH is 1. The number of rotatable bonds is 4. The fourth-order valence-corrected chi connectivity index (χ4v) is 3.39. The van der Waals surface area contributed by atoms with Crippen LogP contribution in [0.5, 0.6) is 0 Å². The molecule has 21 heavy (non-hydrogen) atoms. The van der Waals surface area contributed by atoms with Crippen molar-refractivity contribution in [2.45, 2.75) is 25.2 Å². The molecule has 0 bridgehead atoms. The van der Waals surface area contributed by atoms with Gasteiger partial charge in [-0.2, -0.15) is 0 Å². The van der Waals surface area contributed by atoms with E-state index in [1.807, 2.05) is 0 Å². The molecule has 2 atom stereocenters. The van der Waals surface area contributed by atoms with E-state index in [1.165, 1.54) is 6.26 Å². The first-order valence-corrected chi connectivity index (χ1v) is 9.06. The predicted octanol–water partition coefficient (Wildman–Crippen LogP) is 1.07. The van der Waals surface area contributed by atoms with Gasteiger partial charge < -0.3 is 10.0 Å². The number of hydrogen-bond acceptors (Lipinski definition) is 4. The summed E-state index contributed by atoms with van der Waals surface area (Å²) in [6.07, 6.45) is 1.60. The molecule has 0 radical (unpaired) electrons. The maximum atomic E-state index is 12.3. The van der Waals surface area contributed by atoms with Gasteiger partial charge in [-0.3, -0.25) is 4.79 Å². The molecule has 5 nitrogen and oxygen atoms in total. The number of carbonyl (C=O) groups is 1. The Hall–Kier alpha value is -1.40. The van der Waals surface area contributed by atoms with Crippen molar-refractivity contribution in [3.8, 4) is 0 Å². The number of amides is 1. The zero-order valence-electron chi connectivity index (χ0n) is 12.3. The molecule has 0 saturated carbocycles. The second kappa shape index (κ2) is 6.15. The highest BCUT2D eigenvalue weighted by Crippen LogP contribution is 2.21. The van der Waals surface area contributed by atoms with Gasteiger partial charge in [0.15, 0.2) is 9.84 Å². The topological polar surface area (TPSA) is 74.7 Å². The molecular formula is C15H21NO4S. The monoisotopic (exact) mass is 311 g/mol. The Kier molecular flexibility index (Phi) is 4.68. The summed E-state index contributed by atoms with van der Waals surface area (Å²) in [6.45, 7) is 2.97. The van der Waals surface area contributed by atoms with Crippen molar-refractivity contribution in [1.29, 1.82) is 0 Å². The van der Waals surface area contributed by atoms with Crippen molar-refractivity contribution in [1.82, 2.24) is 4.90 Å². The fraction of sp³-hybridized carbons (Fsp3) is 0.533. The van der Waals surface area contributed by atoms with Gasteiger partial charge in [0.05, 0.1) is 11.9 Å². The number of nitrogens with zero attached hydrogens (tertiary/aromatic N) is 1. The number of hydrogen-bond donors (Lipinski definition) is 1. The zero-order valence-corrected chi connectivity index (χ0v) is 13.1. The van der Waals surface area contributed by atoms with Gasteiger partial charge in [0.1, 0.15) is 0 Å². The van der Waals surface area contributed by atoms with Crippen LogP contribution in [0.4, 0.5) is 0 Å². The van der Waals surface area contributed by atoms with Crippen LogP contribution in [0, 0.1) is 5.92 Å². The molecular weight excluding hydrogens is 290 g/mol. The van der Waals surface area contributed by atoms with Crippen molar-refractivity contribution in [3.63, 3.8) is 0 Å². The number of likely N-dealkylation sites (tertiary alicyclic amines) is 1. The Morgan fingerprint density at radius 2 is 2.00 bits per heavy atom. The minimum atomic E-state index is -3.07. The first-order valence-electron chi connectivity index (χ1n) is 7.00. The Bertz CT molecular complexity index is 607. The van der Waals surface area contributed by atoms with E-state index in [0.29, 0.717) is 24.2 Å². The third-order valence-electron chi connectivity index (χ3n) is 3.82. The van der Waals surface area contributed by atoms with Crippen molar-refractivity contribution in [2.24, 2.45) is 5.92 Å². The summed E-state index contributed by atoms with van der Waals surface area (Å²) in [4.78, 5) is 14.1. The Balaban J connectivity index is 2.04. The minimum absolute atomic E-state index is 0.0186. The Morgan fingerprint density at radius 1 is 1.38 bits per heavy atom. The van der Waals surface area contributed by atoms with Crippen LogP contribution >= 0.6 is 0 Å². The molecule has 1 N–H and O–H groups in total. The number of benzene rings is 1. The third kappa shape index (κ3) is 4.28. The van der Waals surface area contributed by atoms with Gasteiger partial charge in [0, 0.05) is 30.8 Å². The van der Waals surface area contributed by atoms with E-state index in [9.17, 15) is 18.3 Å². The Labute approximate surface area is 125 Å². The van der Waals surface area contributed by atoms with Gasteiger partial charge in [-0.15, -0.1) is 0 Å². The summed E-state index contributed by atoms with van der Waals surface area (Å²) in [5.41, 5.74) is 1.23. The summed E-state index contributed by atoms with van der Waals surface area (Å²) < 4.78 is 22.5. The Morgan fingerprint density at radius 3 is 2.48 bits per heavy atom. The molecule has 0 spiro atoms. The first-order chi connectivity index (χ1) is 9.76. The van der Waals surface area contributed by atoms with E-state index in [4.69, 9.17) is 0 Å². The second-order valence-corrected chi connectivity index (χ2v) is 7.95. The summed E-state index contributed by atoms with van der Waals surface area (Å²) in [5.74, 6) is 0.0532. The SMILES string of the molecule is CC(O)C1CCN(C(=O)c2ccc(CS(C)(=O)=O)cc2)C1. The minimum Gasteiger partial charge on any atom is -0.393 e. The fourth-order valence-electron chi connectivity index (χ4n) is 2.59. The molecule has 1 saturated heterocycles. The lowest BCUT2D eigenvalue weighted by Crippen LogP contribution is -2.30. The highest BCUT2D eigenvalue weighted by molar-refractivity contribution is 7.89.